The lowest BCUT2D eigenvalue weighted by molar-refractivity contribution is 0.404. The van der Waals surface area contributed by atoms with Gasteiger partial charge in [-0.25, -0.2) is 4.68 Å². The summed E-state index contributed by atoms with van der Waals surface area (Å²) in [6, 6.07) is 13.8. The monoisotopic (exact) mass is 372 g/mol. The van der Waals surface area contributed by atoms with Gasteiger partial charge in [-0.05, 0) is 43.7 Å². The van der Waals surface area contributed by atoms with E-state index in [9.17, 15) is 20.3 Å². The van der Waals surface area contributed by atoms with Gasteiger partial charge in [0.1, 0.15) is 17.3 Å². The van der Waals surface area contributed by atoms with Gasteiger partial charge in [-0.2, -0.15) is 10.4 Å². The molecule has 4 aromatic rings. The fraction of sp³-hybridized carbons (Fsp3) is 0.0952. The van der Waals surface area contributed by atoms with E-state index in [1.165, 1.54) is 12.1 Å². The van der Waals surface area contributed by atoms with Crippen LogP contribution in [0.25, 0.3) is 27.8 Å². The summed E-state index contributed by atoms with van der Waals surface area (Å²) in [5.74, 6) is -0.617. The zero-order valence-corrected chi connectivity index (χ0v) is 15.2. The Hall–Kier alpha value is -4.05. The molecule has 2 heterocycles. The van der Waals surface area contributed by atoms with E-state index in [1.807, 2.05) is 37.3 Å². The van der Waals surface area contributed by atoms with E-state index in [2.05, 4.69) is 10.1 Å². The Morgan fingerprint density at radius 1 is 1.07 bits per heavy atom. The Morgan fingerprint density at radius 2 is 1.79 bits per heavy atom. The van der Waals surface area contributed by atoms with Crippen LogP contribution in [0.1, 0.15) is 16.8 Å². The van der Waals surface area contributed by atoms with Crippen molar-refractivity contribution < 1.29 is 10.2 Å². The molecule has 2 aromatic carbocycles. The third-order valence-corrected chi connectivity index (χ3v) is 4.67. The van der Waals surface area contributed by atoms with E-state index >= 15 is 0 Å². The highest BCUT2D eigenvalue weighted by Gasteiger charge is 2.21. The third kappa shape index (κ3) is 2.59. The molecule has 0 spiro atoms. The number of phenolic OH excluding ortho intramolecular Hbond substituents is 2. The van der Waals surface area contributed by atoms with Crippen LogP contribution >= 0.6 is 0 Å². The van der Waals surface area contributed by atoms with Gasteiger partial charge in [-0.3, -0.25) is 4.79 Å². The predicted molar refractivity (Wildman–Crippen MR) is 105 cm³/mol. The minimum absolute atomic E-state index is 0.0795. The van der Waals surface area contributed by atoms with E-state index in [-0.39, 0.29) is 17.1 Å². The van der Waals surface area contributed by atoms with Crippen LogP contribution in [0, 0.1) is 25.2 Å². The molecule has 0 saturated heterocycles. The van der Waals surface area contributed by atoms with E-state index in [0.717, 1.165) is 11.3 Å². The maximum Gasteiger partial charge on any atom is 0.268 e. The first-order chi connectivity index (χ1) is 13.4. The second kappa shape index (κ2) is 6.28. The zero-order valence-electron chi connectivity index (χ0n) is 15.2. The molecule has 4 rings (SSSR count). The number of aryl methyl sites for hydroxylation is 2. The van der Waals surface area contributed by atoms with Gasteiger partial charge < -0.3 is 15.2 Å². The average Bonchev–Trinajstić information content (AvgIpc) is 2.99. The summed E-state index contributed by atoms with van der Waals surface area (Å²) >= 11 is 0. The molecule has 3 N–H and O–H groups in total. The second-order valence-electron chi connectivity index (χ2n) is 6.58. The minimum atomic E-state index is -0.550. The normalized spacial score (nSPS) is 10.9. The van der Waals surface area contributed by atoms with Crippen molar-refractivity contribution in [2.75, 3.05) is 0 Å². The van der Waals surface area contributed by atoms with Crippen molar-refractivity contribution >= 4 is 11.0 Å². The molecule has 0 amide bonds. The topological polar surface area (TPSA) is 115 Å². The molecule has 7 nitrogen and oxygen atoms in total. The molecule has 7 heteroatoms. The zero-order chi connectivity index (χ0) is 20.0. The quantitative estimate of drug-likeness (QED) is 0.467. The Balaban J connectivity index is 2.12. The van der Waals surface area contributed by atoms with Gasteiger partial charge in [-0.1, -0.05) is 23.8 Å². The molecule has 0 unspecified atom stereocenters. The van der Waals surface area contributed by atoms with Gasteiger partial charge in [0, 0.05) is 10.9 Å². The lowest BCUT2D eigenvalue weighted by Gasteiger charge is -2.09. The number of nitrogens with one attached hydrogen (secondary N) is 1. The molecule has 0 atom stereocenters. The fourth-order valence-electron chi connectivity index (χ4n) is 3.30. The van der Waals surface area contributed by atoms with Crippen molar-refractivity contribution in [2.24, 2.45) is 0 Å². The molecule has 0 fully saturated rings. The van der Waals surface area contributed by atoms with Crippen molar-refractivity contribution in [1.29, 1.82) is 5.26 Å². The SMILES string of the molecule is Cc1ccc(-n2nc(C)c3c(-c4ccc(O)c(O)c4)c(C#N)c(=O)[nH]c32)cc1. The van der Waals surface area contributed by atoms with Gasteiger partial charge in [0.25, 0.3) is 5.56 Å². The first kappa shape index (κ1) is 17.4. The Labute approximate surface area is 159 Å². The van der Waals surface area contributed by atoms with Gasteiger partial charge in [-0.15, -0.1) is 0 Å². The lowest BCUT2D eigenvalue weighted by Crippen LogP contribution is -2.13. The Bertz CT molecular complexity index is 1330. The van der Waals surface area contributed by atoms with E-state index in [0.29, 0.717) is 27.9 Å². The summed E-state index contributed by atoms with van der Waals surface area (Å²) < 4.78 is 1.62. The Morgan fingerprint density at radius 3 is 2.43 bits per heavy atom. The van der Waals surface area contributed by atoms with Gasteiger partial charge >= 0.3 is 0 Å². The molecule has 0 radical (unpaired) electrons. The number of nitriles is 1. The van der Waals surface area contributed by atoms with E-state index < -0.39 is 5.56 Å². The number of hydrogen-bond donors (Lipinski definition) is 3. The van der Waals surface area contributed by atoms with Crippen LogP contribution in [-0.4, -0.2) is 25.0 Å². The number of aromatic amines is 1. The first-order valence-corrected chi connectivity index (χ1v) is 8.56. The van der Waals surface area contributed by atoms with Crippen molar-refractivity contribution in [3.8, 4) is 34.4 Å². The van der Waals surface area contributed by atoms with Crippen LogP contribution in [0.2, 0.25) is 0 Å². The number of rotatable bonds is 2. The number of pyridine rings is 1. The van der Waals surface area contributed by atoms with Crippen molar-refractivity contribution in [2.45, 2.75) is 13.8 Å². The average molecular weight is 372 g/mol. The maximum atomic E-state index is 12.6. The summed E-state index contributed by atoms with van der Waals surface area (Å²) in [5, 5.41) is 34.3. The number of hydrogen-bond acceptors (Lipinski definition) is 5. The highest BCUT2D eigenvalue weighted by molar-refractivity contribution is 5.98. The van der Waals surface area contributed by atoms with Crippen LogP contribution in [0.5, 0.6) is 11.5 Å². The maximum absolute atomic E-state index is 12.6. The van der Waals surface area contributed by atoms with Gasteiger partial charge in [0.05, 0.1) is 11.4 Å². The molecule has 0 aliphatic heterocycles. The van der Waals surface area contributed by atoms with Crippen molar-refractivity contribution in [3.63, 3.8) is 0 Å². The summed E-state index contributed by atoms with van der Waals surface area (Å²) in [5.41, 5.74) is 3.11. The lowest BCUT2D eigenvalue weighted by atomic mass is 9.97. The van der Waals surface area contributed by atoms with Crippen molar-refractivity contribution in [1.82, 2.24) is 14.8 Å². The van der Waals surface area contributed by atoms with Crippen LogP contribution in [0.4, 0.5) is 0 Å². The molecule has 0 aliphatic rings. The summed E-state index contributed by atoms with van der Waals surface area (Å²) in [6.07, 6.45) is 0. The first-order valence-electron chi connectivity index (χ1n) is 8.56. The molecule has 0 aliphatic carbocycles. The van der Waals surface area contributed by atoms with Crippen LogP contribution in [0.3, 0.4) is 0 Å². The minimum Gasteiger partial charge on any atom is -0.504 e. The summed E-state index contributed by atoms with van der Waals surface area (Å²) in [4.78, 5) is 15.4. The number of phenols is 2. The summed E-state index contributed by atoms with van der Waals surface area (Å²) in [7, 11) is 0. The number of nitrogens with zero attached hydrogens (tertiary/aromatic N) is 3. The van der Waals surface area contributed by atoms with Crippen LogP contribution in [-0.2, 0) is 0 Å². The summed E-state index contributed by atoms with van der Waals surface area (Å²) in [6.45, 7) is 3.77. The molecular weight excluding hydrogens is 356 g/mol. The Kier molecular flexibility index (Phi) is 3.90. The number of benzene rings is 2. The molecule has 28 heavy (non-hydrogen) atoms. The highest BCUT2D eigenvalue weighted by atomic mass is 16.3. The molecule has 138 valence electrons. The largest absolute Gasteiger partial charge is 0.504 e. The number of fused-ring (bicyclic) bond motifs is 1. The van der Waals surface area contributed by atoms with Crippen molar-refractivity contribution in [3.05, 3.63) is 69.6 Å². The number of H-pyrrole nitrogens is 1. The fourth-order valence-corrected chi connectivity index (χ4v) is 3.30. The van der Waals surface area contributed by atoms with Gasteiger partial charge in [0.15, 0.2) is 11.5 Å². The number of aromatic hydroxyl groups is 2. The third-order valence-electron chi connectivity index (χ3n) is 4.67. The second-order valence-corrected chi connectivity index (χ2v) is 6.58. The van der Waals surface area contributed by atoms with E-state index in [4.69, 9.17) is 0 Å². The molecular formula is C21H16N4O3. The van der Waals surface area contributed by atoms with E-state index in [1.54, 1.807) is 17.7 Å². The smallest absolute Gasteiger partial charge is 0.268 e. The van der Waals surface area contributed by atoms with Crippen LogP contribution in [0.15, 0.2) is 47.3 Å². The van der Waals surface area contributed by atoms with Crippen LogP contribution < -0.4 is 5.56 Å². The predicted octanol–water partition coefficient (Wildman–Crippen LogP) is 3.28. The number of aromatic nitrogens is 3. The highest BCUT2D eigenvalue weighted by Crippen LogP contribution is 2.36. The molecule has 0 saturated carbocycles. The standard InChI is InChI=1S/C21H16N4O3/c1-11-3-6-14(7-4-11)25-20-18(12(2)24-25)19(15(10-22)21(28)23-20)13-5-8-16(26)17(27)9-13/h3-9,26-27H,1-2H3,(H,23,28). The molecule has 0 bridgehead atoms. The molecule has 2 aromatic heterocycles. The van der Waals surface area contributed by atoms with Gasteiger partial charge in [0.2, 0.25) is 0 Å².